The van der Waals surface area contributed by atoms with Crippen molar-refractivity contribution < 1.29 is 21.9 Å². The van der Waals surface area contributed by atoms with Crippen molar-refractivity contribution in [3.8, 4) is 17.4 Å². The fourth-order valence-electron chi connectivity index (χ4n) is 0.770. The summed E-state index contributed by atoms with van der Waals surface area (Å²) in [4.78, 5) is 3.47. The minimum absolute atomic E-state index is 0.175. The Kier molecular flexibility index (Phi) is 1.20. The van der Waals surface area contributed by atoms with Gasteiger partial charge in [0.05, 0.1) is 0 Å². The summed E-state index contributed by atoms with van der Waals surface area (Å²) in [6, 6.07) is 1.22. The second kappa shape index (κ2) is 2.01. The van der Waals surface area contributed by atoms with Crippen LogP contribution in [0.25, 0.3) is 0 Å². The molecule has 0 saturated heterocycles. The lowest BCUT2D eigenvalue weighted by Crippen LogP contribution is -2.20. The molecule has 1 aromatic rings. The van der Waals surface area contributed by atoms with E-state index in [4.69, 9.17) is 5.11 Å². The zero-order valence-corrected chi connectivity index (χ0v) is 6.41. The maximum atomic E-state index is 10.7. The van der Waals surface area contributed by atoms with Gasteiger partial charge >= 0.3 is 10.4 Å². The second-order valence-corrected chi connectivity index (χ2v) is 3.19. The van der Waals surface area contributed by atoms with Gasteiger partial charge in [0.1, 0.15) is 0 Å². The third kappa shape index (κ3) is 0.944. The Morgan fingerprint density at radius 3 is 2.83 bits per heavy atom. The molecule has 1 aliphatic rings. The number of aromatic hydroxyl groups is 1. The molecule has 2 bridgehead atoms. The predicted molar refractivity (Wildman–Crippen MR) is 36.1 cm³/mol. The molecule has 2 rings (SSSR count). The molecule has 1 aromatic heterocycles. The molecule has 1 aliphatic heterocycles. The van der Waals surface area contributed by atoms with Crippen LogP contribution in [0.4, 0.5) is 0 Å². The topological polar surface area (TPSA) is 85.7 Å². The van der Waals surface area contributed by atoms with Gasteiger partial charge in [-0.3, -0.25) is 0 Å². The van der Waals surface area contributed by atoms with Crippen molar-refractivity contribution in [1.82, 2.24) is 4.98 Å². The smallest absolute Gasteiger partial charge is 0.500 e. The van der Waals surface area contributed by atoms with Crippen LogP contribution in [0, 0.1) is 0 Å². The highest BCUT2D eigenvalue weighted by Gasteiger charge is 2.28. The largest absolute Gasteiger partial charge is 0.502 e. The van der Waals surface area contributed by atoms with Crippen molar-refractivity contribution in [2.45, 2.75) is 0 Å². The number of hydrogen-bond donors (Lipinski definition) is 1. The summed E-state index contributed by atoms with van der Waals surface area (Å²) in [5.74, 6) is -0.947. The summed E-state index contributed by atoms with van der Waals surface area (Å²) in [5, 5.41) is 9.10. The molecule has 7 heteroatoms. The van der Waals surface area contributed by atoms with Crippen LogP contribution in [0.2, 0.25) is 0 Å². The summed E-state index contributed by atoms with van der Waals surface area (Å²) in [5.41, 5.74) is 0. The highest BCUT2D eigenvalue weighted by Crippen LogP contribution is 2.38. The highest BCUT2D eigenvalue weighted by atomic mass is 32.3. The van der Waals surface area contributed by atoms with E-state index in [9.17, 15) is 8.42 Å². The Hall–Kier alpha value is -1.50. The average molecular weight is 189 g/mol. The first-order chi connectivity index (χ1) is 5.58. The Morgan fingerprint density at radius 2 is 2.17 bits per heavy atom. The molecular formula is C5H3NO5S. The van der Waals surface area contributed by atoms with Crippen molar-refractivity contribution in [1.29, 1.82) is 0 Å². The van der Waals surface area contributed by atoms with E-state index in [1.165, 1.54) is 12.3 Å². The summed E-state index contributed by atoms with van der Waals surface area (Å²) in [7, 11) is -4.07. The van der Waals surface area contributed by atoms with E-state index in [-0.39, 0.29) is 11.6 Å². The molecule has 6 nitrogen and oxygen atoms in total. The first kappa shape index (κ1) is 7.17. The van der Waals surface area contributed by atoms with Crippen LogP contribution in [0.15, 0.2) is 12.3 Å². The Bertz CT molecular complexity index is 395. The van der Waals surface area contributed by atoms with E-state index >= 15 is 0 Å². The fourth-order valence-corrected chi connectivity index (χ4v) is 1.47. The van der Waals surface area contributed by atoms with Gasteiger partial charge in [-0.25, -0.2) is 4.98 Å². The standard InChI is InChI=1S/C5H3NO5S/c7-4-3-1-2-6-5(4)11-12(8,9)10-3/h1-2,7H. The van der Waals surface area contributed by atoms with Gasteiger partial charge < -0.3 is 13.5 Å². The summed E-state index contributed by atoms with van der Waals surface area (Å²) >= 11 is 0. The Balaban J connectivity index is 2.67. The highest BCUT2D eigenvalue weighted by molar-refractivity contribution is 7.82. The third-order valence-corrected chi connectivity index (χ3v) is 1.97. The lowest BCUT2D eigenvalue weighted by atomic mass is 10.4. The van der Waals surface area contributed by atoms with Crippen molar-refractivity contribution in [3.63, 3.8) is 0 Å². The van der Waals surface area contributed by atoms with Gasteiger partial charge in [0.15, 0.2) is 5.75 Å². The van der Waals surface area contributed by atoms with E-state index in [2.05, 4.69) is 13.4 Å². The van der Waals surface area contributed by atoms with Crippen LogP contribution >= 0.6 is 0 Å². The molecule has 0 aromatic carbocycles. The van der Waals surface area contributed by atoms with Gasteiger partial charge in [-0.15, -0.1) is 8.42 Å². The molecule has 0 radical (unpaired) electrons. The number of hydrogen-bond acceptors (Lipinski definition) is 6. The van der Waals surface area contributed by atoms with Gasteiger partial charge in [0.2, 0.25) is 5.75 Å². The Labute approximate surface area is 67.7 Å². The number of aromatic nitrogens is 1. The van der Waals surface area contributed by atoms with Gasteiger partial charge in [-0.05, 0) is 0 Å². The first-order valence-electron chi connectivity index (χ1n) is 2.90. The Morgan fingerprint density at radius 1 is 1.42 bits per heavy atom. The number of nitrogens with zero attached hydrogens (tertiary/aromatic N) is 1. The summed E-state index contributed by atoms with van der Waals surface area (Å²) in [6.07, 6.45) is 1.26. The molecule has 0 saturated carbocycles. The normalized spacial score (nSPS) is 17.7. The number of rotatable bonds is 0. The van der Waals surface area contributed by atoms with E-state index in [0.717, 1.165) is 0 Å². The number of fused-ring (bicyclic) bond motifs is 2. The zero-order valence-electron chi connectivity index (χ0n) is 5.59. The van der Waals surface area contributed by atoms with Crippen LogP contribution in [-0.2, 0) is 10.4 Å². The van der Waals surface area contributed by atoms with Crippen LogP contribution in [0.3, 0.4) is 0 Å². The number of pyridine rings is 1. The molecule has 2 heterocycles. The molecule has 0 aliphatic carbocycles. The van der Waals surface area contributed by atoms with Crippen LogP contribution in [-0.4, -0.2) is 18.5 Å². The van der Waals surface area contributed by atoms with E-state index in [1.54, 1.807) is 0 Å². The predicted octanol–water partition coefficient (Wildman–Crippen LogP) is -0.197. The molecule has 0 unspecified atom stereocenters. The van der Waals surface area contributed by atoms with Crippen LogP contribution in [0.1, 0.15) is 0 Å². The maximum Gasteiger partial charge on any atom is 0.502 e. The molecule has 0 atom stereocenters. The molecule has 0 fully saturated rings. The monoisotopic (exact) mass is 189 g/mol. The molecule has 1 N–H and O–H groups in total. The minimum Gasteiger partial charge on any atom is -0.500 e. The lowest BCUT2D eigenvalue weighted by molar-refractivity contribution is 0.329. The van der Waals surface area contributed by atoms with Crippen molar-refractivity contribution >= 4 is 10.4 Å². The molecular weight excluding hydrogens is 186 g/mol. The molecule has 0 amide bonds. The van der Waals surface area contributed by atoms with Gasteiger partial charge in [-0.2, -0.15) is 0 Å². The van der Waals surface area contributed by atoms with Crippen molar-refractivity contribution in [2.24, 2.45) is 0 Å². The average Bonchev–Trinajstić information content (AvgIpc) is 1.92. The first-order valence-corrected chi connectivity index (χ1v) is 4.24. The third-order valence-electron chi connectivity index (χ3n) is 1.23. The molecule has 0 spiro atoms. The SMILES string of the molecule is O=S1(=O)Oc2ccnc(c2O)O1. The maximum absolute atomic E-state index is 10.7. The van der Waals surface area contributed by atoms with Crippen molar-refractivity contribution in [2.75, 3.05) is 0 Å². The lowest BCUT2D eigenvalue weighted by Gasteiger charge is -2.14. The van der Waals surface area contributed by atoms with E-state index in [0.29, 0.717) is 0 Å². The molecule has 64 valence electrons. The zero-order chi connectivity index (χ0) is 8.77. The molecule has 12 heavy (non-hydrogen) atoms. The van der Waals surface area contributed by atoms with E-state index in [1.807, 2.05) is 0 Å². The van der Waals surface area contributed by atoms with Crippen molar-refractivity contribution in [3.05, 3.63) is 12.3 Å². The fraction of sp³-hybridized carbons (Fsp3) is 0. The second-order valence-electron chi connectivity index (χ2n) is 2.04. The van der Waals surface area contributed by atoms with Gasteiger partial charge in [0.25, 0.3) is 5.88 Å². The van der Waals surface area contributed by atoms with Crippen LogP contribution < -0.4 is 8.37 Å². The quantitative estimate of drug-likeness (QED) is 0.608. The van der Waals surface area contributed by atoms with Gasteiger partial charge in [-0.1, -0.05) is 0 Å². The summed E-state index contributed by atoms with van der Waals surface area (Å²) in [6.45, 7) is 0. The summed E-state index contributed by atoms with van der Waals surface area (Å²) < 4.78 is 29.9. The van der Waals surface area contributed by atoms with E-state index < -0.39 is 16.1 Å². The van der Waals surface area contributed by atoms with Gasteiger partial charge in [0, 0.05) is 12.3 Å². The van der Waals surface area contributed by atoms with Crippen LogP contribution in [0.5, 0.6) is 17.4 Å². The minimum atomic E-state index is -4.07.